The summed E-state index contributed by atoms with van der Waals surface area (Å²) in [5.41, 5.74) is 0.0835. The molecule has 0 heterocycles. The minimum absolute atomic E-state index is 0.0206. The van der Waals surface area contributed by atoms with E-state index >= 15 is 0 Å². The quantitative estimate of drug-likeness (QED) is 0.351. The number of hydrogen-bond acceptors (Lipinski definition) is 7. The Balaban J connectivity index is 0.000000155. The van der Waals surface area contributed by atoms with Gasteiger partial charge in [-0.1, -0.05) is 44.9 Å². The lowest BCUT2D eigenvalue weighted by molar-refractivity contribution is -0.168. The average molecular weight is 673 g/mol. The highest BCUT2D eigenvalue weighted by molar-refractivity contribution is 6.02. The van der Waals surface area contributed by atoms with Crippen molar-refractivity contribution >= 4 is 28.9 Å². The third-order valence-electron chi connectivity index (χ3n) is 16.5. The molecule has 0 unspecified atom stereocenters. The molecule has 8 aliphatic rings. The Labute approximate surface area is 291 Å². The minimum Gasteiger partial charge on any atom is -0.388 e. The Hall–Kier alpha value is -2.51. The van der Waals surface area contributed by atoms with E-state index in [1.807, 2.05) is 26.0 Å². The predicted octanol–water partition coefficient (Wildman–Crippen LogP) is 6.49. The second-order valence-electron chi connectivity index (χ2n) is 18.3. The zero-order chi connectivity index (χ0) is 35.3. The van der Waals surface area contributed by atoms with Gasteiger partial charge in [-0.3, -0.25) is 24.0 Å². The van der Waals surface area contributed by atoms with Gasteiger partial charge < -0.3 is 10.2 Å². The maximum atomic E-state index is 13.3. The molecule has 8 aliphatic carbocycles. The first-order valence-electron chi connectivity index (χ1n) is 19.1. The Kier molecular flexibility index (Phi) is 8.38. The van der Waals surface area contributed by atoms with Crippen LogP contribution in [0.1, 0.15) is 118 Å². The van der Waals surface area contributed by atoms with Crippen molar-refractivity contribution in [1.29, 1.82) is 0 Å². The molecule has 0 aromatic carbocycles. The molecule has 6 saturated carbocycles. The number of aliphatic hydroxyl groups excluding tert-OH is 1. The smallest absolute Gasteiger partial charge is 0.190 e. The van der Waals surface area contributed by atoms with Crippen LogP contribution in [0.15, 0.2) is 35.5 Å². The summed E-state index contributed by atoms with van der Waals surface area (Å²) in [7, 11) is 0. The van der Waals surface area contributed by atoms with Crippen LogP contribution in [0.2, 0.25) is 0 Å². The van der Waals surface area contributed by atoms with Gasteiger partial charge in [-0.15, -0.1) is 0 Å². The van der Waals surface area contributed by atoms with Gasteiger partial charge in [-0.05, 0) is 136 Å². The largest absolute Gasteiger partial charge is 0.388 e. The molecule has 12 atom stereocenters. The van der Waals surface area contributed by atoms with E-state index in [1.54, 1.807) is 19.1 Å². The number of carbonyl (C=O) groups is 5. The van der Waals surface area contributed by atoms with Crippen LogP contribution in [0.5, 0.6) is 0 Å². The monoisotopic (exact) mass is 672 g/mol. The van der Waals surface area contributed by atoms with E-state index < -0.39 is 28.8 Å². The van der Waals surface area contributed by atoms with Crippen molar-refractivity contribution in [3.63, 3.8) is 0 Å². The van der Waals surface area contributed by atoms with Gasteiger partial charge in [0.15, 0.2) is 17.3 Å². The highest BCUT2D eigenvalue weighted by Crippen LogP contribution is 2.68. The van der Waals surface area contributed by atoms with Gasteiger partial charge in [0.1, 0.15) is 23.8 Å². The van der Waals surface area contributed by atoms with Crippen molar-refractivity contribution in [3.05, 3.63) is 35.5 Å². The van der Waals surface area contributed by atoms with Crippen LogP contribution in [-0.2, 0) is 24.0 Å². The number of rotatable bonds is 3. The molecule has 266 valence electrons. The molecule has 0 saturated heterocycles. The zero-order valence-corrected chi connectivity index (χ0v) is 30.2. The molecule has 0 bridgehead atoms. The summed E-state index contributed by atoms with van der Waals surface area (Å²) in [6.07, 6.45) is 18.8. The summed E-state index contributed by atoms with van der Waals surface area (Å²) in [5, 5.41) is 20.5. The van der Waals surface area contributed by atoms with Crippen LogP contribution in [0.3, 0.4) is 0 Å². The van der Waals surface area contributed by atoms with Crippen molar-refractivity contribution in [2.45, 2.75) is 124 Å². The SMILES string of the molecule is CC(=O)[C@H]1CC[C@H]2[C@@H]3CCC4=CC(=O)CC[C@]4(C)[C@H]3CC[C@]12C.C[C@]12C=CC(=O)C=C1CC[C@@H]1[C@@H]2C(=O)C[C@@]2(C)[C@H]1CC[C@]2(O)C(=O)CO. The maximum Gasteiger partial charge on any atom is 0.190 e. The molecule has 0 amide bonds. The molecular formula is C42H56O7. The normalized spacial score (nSPS) is 48.0. The molecule has 0 aromatic rings. The second-order valence-corrected chi connectivity index (χ2v) is 18.3. The Morgan fingerprint density at radius 3 is 2.20 bits per heavy atom. The number of hydrogen-bond donors (Lipinski definition) is 2. The van der Waals surface area contributed by atoms with E-state index in [0.717, 1.165) is 61.9 Å². The van der Waals surface area contributed by atoms with E-state index in [2.05, 4.69) is 13.8 Å². The van der Waals surface area contributed by atoms with Crippen molar-refractivity contribution < 1.29 is 34.2 Å². The van der Waals surface area contributed by atoms with Crippen LogP contribution in [-0.4, -0.2) is 51.3 Å². The topological polar surface area (TPSA) is 126 Å². The predicted molar refractivity (Wildman–Crippen MR) is 185 cm³/mol. The van der Waals surface area contributed by atoms with Crippen LogP contribution >= 0.6 is 0 Å². The summed E-state index contributed by atoms with van der Waals surface area (Å²) < 4.78 is 0. The first kappa shape index (κ1) is 34.9. The number of fused-ring (bicyclic) bond motifs is 10. The summed E-state index contributed by atoms with van der Waals surface area (Å²) in [6, 6.07) is 0. The van der Waals surface area contributed by atoms with Gasteiger partial charge in [0.05, 0.1) is 0 Å². The van der Waals surface area contributed by atoms with E-state index in [0.29, 0.717) is 30.3 Å². The van der Waals surface area contributed by atoms with Crippen molar-refractivity contribution in [3.8, 4) is 0 Å². The number of aliphatic hydroxyl groups is 2. The molecule has 8 rings (SSSR count). The lowest BCUT2D eigenvalue weighted by Crippen LogP contribution is -2.60. The standard InChI is InChI=1S/C21H26O5.C21H30O2/c1-19-7-5-13(23)9-12(19)3-4-14-15-6-8-21(26,17(25)11-22)20(15,2)10-16(24)18(14)19;1-13(22)17-6-7-18-16-5-4-14-12-15(23)8-10-20(14,2)19(16)9-11-21(17,18)3/h5,7,9,14-15,18,22,26H,3-4,6,8,10-11H2,1-2H3;12,16-19H,4-11H2,1-3H3/t14-,15-,18+,19-,20-,21-;16-,17+,18-,19-,20-,21+/m00/s1. The molecule has 7 heteroatoms. The van der Waals surface area contributed by atoms with Crippen molar-refractivity contribution in [1.82, 2.24) is 0 Å². The molecule has 0 aliphatic heterocycles. The summed E-state index contributed by atoms with van der Waals surface area (Å²) in [4.78, 5) is 61.4. The Morgan fingerprint density at radius 2 is 1.49 bits per heavy atom. The van der Waals surface area contributed by atoms with Crippen LogP contribution in [0, 0.1) is 63.1 Å². The van der Waals surface area contributed by atoms with E-state index in [9.17, 15) is 34.2 Å². The summed E-state index contributed by atoms with van der Waals surface area (Å²) >= 11 is 0. The summed E-state index contributed by atoms with van der Waals surface area (Å²) in [5.74, 6) is 2.70. The number of Topliss-reactive ketones (excluding diaryl/α,β-unsaturated/α-hetero) is 3. The van der Waals surface area contributed by atoms with Gasteiger partial charge in [0, 0.05) is 35.5 Å². The number of carbonyl (C=O) groups excluding carboxylic acids is 5. The van der Waals surface area contributed by atoms with Gasteiger partial charge in [0.2, 0.25) is 0 Å². The number of allylic oxidation sites excluding steroid dienone is 5. The van der Waals surface area contributed by atoms with Crippen molar-refractivity contribution in [2.75, 3.05) is 6.61 Å². The highest BCUT2D eigenvalue weighted by Gasteiger charge is 2.68. The van der Waals surface area contributed by atoms with Gasteiger partial charge in [-0.2, -0.15) is 0 Å². The Bertz CT molecular complexity index is 1580. The van der Waals surface area contributed by atoms with Crippen LogP contribution in [0.4, 0.5) is 0 Å². The van der Waals surface area contributed by atoms with E-state index in [4.69, 9.17) is 0 Å². The third kappa shape index (κ3) is 4.90. The number of ketones is 5. The van der Waals surface area contributed by atoms with Crippen molar-refractivity contribution in [2.24, 2.45) is 63.1 Å². The first-order chi connectivity index (χ1) is 23.0. The van der Waals surface area contributed by atoms with Gasteiger partial charge >= 0.3 is 0 Å². The van der Waals surface area contributed by atoms with Crippen LogP contribution < -0.4 is 0 Å². The Morgan fingerprint density at radius 1 is 0.796 bits per heavy atom. The molecule has 7 nitrogen and oxygen atoms in total. The van der Waals surface area contributed by atoms with Crippen LogP contribution in [0.25, 0.3) is 0 Å². The fraction of sp³-hybridized carbons (Fsp3) is 0.738. The second kappa shape index (κ2) is 11.8. The molecule has 0 spiro atoms. The fourth-order valence-corrected chi connectivity index (χ4v) is 13.8. The molecule has 2 N–H and O–H groups in total. The van der Waals surface area contributed by atoms with E-state index in [-0.39, 0.29) is 46.6 Å². The molecule has 0 aromatic heterocycles. The zero-order valence-electron chi connectivity index (χ0n) is 30.2. The average Bonchev–Trinajstić information content (AvgIpc) is 3.55. The summed E-state index contributed by atoms with van der Waals surface area (Å²) in [6.45, 7) is 9.84. The van der Waals surface area contributed by atoms with Gasteiger partial charge in [0.25, 0.3) is 0 Å². The van der Waals surface area contributed by atoms with E-state index in [1.165, 1.54) is 31.3 Å². The molecular weight excluding hydrogens is 616 g/mol. The maximum absolute atomic E-state index is 13.3. The fourth-order valence-electron chi connectivity index (χ4n) is 13.8. The molecule has 49 heavy (non-hydrogen) atoms. The lowest BCUT2D eigenvalue weighted by atomic mass is 9.46. The van der Waals surface area contributed by atoms with Gasteiger partial charge in [-0.25, -0.2) is 0 Å². The molecule has 6 fully saturated rings. The minimum atomic E-state index is -1.62. The highest BCUT2D eigenvalue weighted by atomic mass is 16.3. The first-order valence-corrected chi connectivity index (χ1v) is 19.1. The lowest BCUT2D eigenvalue weighted by Gasteiger charge is -2.58. The molecule has 0 radical (unpaired) electrons. The third-order valence-corrected chi connectivity index (χ3v) is 16.5.